The molecule has 1 aliphatic rings. The van der Waals surface area contributed by atoms with Crippen molar-refractivity contribution in [2.45, 2.75) is 63.1 Å². The molecule has 0 N–H and O–H groups in total. The Morgan fingerprint density at radius 1 is 1.05 bits per heavy atom. The summed E-state index contributed by atoms with van der Waals surface area (Å²) in [6.07, 6.45) is -1.65. The number of halogens is 3. The Morgan fingerprint density at radius 2 is 1.78 bits per heavy atom. The average molecular weight is 534 g/mol. The van der Waals surface area contributed by atoms with Crippen LogP contribution in [0, 0.1) is 0 Å². The SMILES string of the molecule is CC1CN(C(=O)CCCCCSc2nc3ccccc3c(=O)n2-c2cccc(C(F)(F)F)c2)CC(C)O1. The zero-order valence-corrected chi connectivity index (χ0v) is 21.6. The summed E-state index contributed by atoms with van der Waals surface area (Å²) in [4.78, 5) is 32.3. The molecule has 1 fully saturated rings. The van der Waals surface area contributed by atoms with Gasteiger partial charge < -0.3 is 9.64 Å². The Kier molecular flexibility index (Phi) is 8.59. The first-order valence-corrected chi connectivity index (χ1v) is 13.4. The molecule has 3 aromatic rings. The molecule has 37 heavy (non-hydrogen) atoms. The summed E-state index contributed by atoms with van der Waals surface area (Å²) in [7, 11) is 0. The highest BCUT2D eigenvalue weighted by molar-refractivity contribution is 7.99. The molecule has 2 aromatic carbocycles. The van der Waals surface area contributed by atoms with E-state index in [4.69, 9.17) is 4.74 Å². The molecule has 10 heteroatoms. The van der Waals surface area contributed by atoms with Crippen molar-refractivity contribution in [1.82, 2.24) is 14.5 Å². The highest BCUT2D eigenvalue weighted by atomic mass is 32.2. The molecule has 0 spiro atoms. The van der Waals surface area contributed by atoms with E-state index in [2.05, 4.69) is 4.98 Å². The molecule has 1 aliphatic heterocycles. The van der Waals surface area contributed by atoms with Crippen molar-refractivity contribution in [2.24, 2.45) is 0 Å². The van der Waals surface area contributed by atoms with Gasteiger partial charge in [-0.3, -0.25) is 14.2 Å². The molecule has 0 aliphatic carbocycles. The molecule has 1 aromatic heterocycles. The van der Waals surface area contributed by atoms with E-state index in [1.807, 2.05) is 18.7 Å². The number of aromatic nitrogens is 2. The zero-order valence-electron chi connectivity index (χ0n) is 20.8. The number of unbranched alkanes of at least 4 members (excludes halogenated alkanes) is 2. The highest BCUT2D eigenvalue weighted by Crippen LogP contribution is 2.31. The number of benzene rings is 2. The molecule has 4 rings (SSSR count). The molecule has 2 heterocycles. The number of nitrogens with zero attached hydrogens (tertiary/aromatic N) is 3. The van der Waals surface area contributed by atoms with Gasteiger partial charge in [0.25, 0.3) is 5.56 Å². The van der Waals surface area contributed by atoms with Gasteiger partial charge in [-0.15, -0.1) is 0 Å². The van der Waals surface area contributed by atoms with Crippen molar-refractivity contribution < 1.29 is 22.7 Å². The van der Waals surface area contributed by atoms with Crippen LogP contribution in [0.3, 0.4) is 0 Å². The van der Waals surface area contributed by atoms with Crippen molar-refractivity contribution in [1.29, 1.82) is 0 Å². The average Bonchev–Trinajstić information content (AvgIpc) is 2.85. The fourth-order valence-electron chi connectivity index (χ4n) is 4.52. The summed E-state index contributed by atoms with van der Waals surface area (Å²) in [5.41, 5.74) is -0.611. The van der Waals surface area contributed by atoms with Crippen molar-refractivity contribution in [3.8, 4) is 5.69 Å². The second kappa shape index (κ2) is 11.7. The number of carbonyl (C=O) groups is 1. The van der Waals surface area contributed by atoms with Gasteiger partial charge in [-0.05, 0) is 57.0 Å². The van der Waals surface area contributed by atoms with E-state index >= 15 is 0 Å². The van der Waals surface area contributed by atoms with Gasteiger partial charge in [-0.2, -0.15) is 13.2 Å². The molecule has 0 saturated carbocycles. The third-order valence-corrected chi connectivity index (χ3v) is 7.24. The van der Waals surface area contributed by atoms with Crippen molar-refractivity contribution in [3.05, 3.63) is 64.4 Å². The molecule has 198 valence electrons. The molecule has 2 atom stereocenters. The van der Waals surface area contributed by atoms with E-state index in [0.717, 1.165) is 31.4 Å². The molecular weight excluding hydrogens is 503 g/mol. The van der Waals surface area contributed by atoms with Gasteiger partial charge in [0.15, 0.2) is 5.16 Å². The van der Waals surface area contributed by atoms with E-state index in [1.54, 1.807) is 24.3 Å². The third kappa shape index (κ3) is 6.73. The van der Waals surface area contributed by atoms with Crippen molar-refractivity contribution >= 4 is 28.6 Å². The monoisotopic (exact) mass is 533 g/mol. The first-order valence-electron chi connectivity index (χ1n) is 12.4. The number of amides is 1. The number of hydrogen-bond donors (Lipinski definition) is 0. The van der Waals surface area contributed by atoms with Crippen LogP contribution in [0.25, 0.3) is 16.6 Å². The molecule has 1 amide bonds. The summed E-state index contributed by atoms with van der Waals surface area (Å²) < 4.78 is 46.9. The van der Waals surface area contributed by atoms with Gasteiger partial charge in [0.1, 0.15) is 0 Å². The van der Waals surface area contributed by atoms with Crippen LogP contribution in [-0.4, -0.2) is 51.4 Å². The summed E-state index contributed by atoms with van der Waals surface area (Å²) >= 11 is 1.33. The predicted octanol–water partition coefficient (Wildman–Crippen LogP) is 5.69. The second-order valence-corrected chi connectivity index (χ2v) is 10.4. The van der Waals surface area contributed by atoms with Gasteiger partial charge in [-0.25, -0.2) is 4.98 Å². The predicted molar refractivity (Wildman–Crippen MR) is 138 cm³/mol. The van der Waals surface area contributed by atoms with Crippen molar-refractivity contribution in [3.63, 3.8) is 0 Å². The smallest absolute Gasteiger partial charge is 0.372 e. The summed E-state index contributed by atoms with van der Waals surface area (Å²) in [5, 5.41) is 0.685. The fraction of sp³-hybridized carbons (Fsp3) is 0.444. The summed E-state index contributed by atoms with van der Waals surface area (Å²) in [6.45, 7) is 5.15. The molecule has 0 bridgehead atoms. The van der Waals surface area contributed by atoms with Crippen LogP contribution < -0.4 is 5.56 Å². The van der Waals surface area contributed by atoms with Gasteiger partial charge in [0.05, 0.1) is 34.4 Å². The number of para-hydroxylation sites is 1. The maximum absolute atomic E-state index is 13.3. The third-order valence-electron chi connectivity index (χ3n) is 6.22. The van der Waals surface area contributed by atoms with Gasteiger partial charge >= 0.3 is 6.18 Å². The summed E-state index contributed by atoms with van der Waals surface area (Å²) in [5.74, 6) is 0.744. The Balaban J connectivity index is 1.43. The number of hydrogen-bond acceptors (Lipinski definition) is 5. The Morgan fingerprint density at radius 3 is 2.51 bits per heavy atom. The Hall–Kier alpha value is -2.85. The lowest BCUT2D eigenvalue weighted by atomic mass is 10.1. The Labute approximate surface area is 217 Å². The lowest BCUT2D eigenvalue weighted by Crippen LogP contribution is -2.48. The van der Waals surface area contributed by atoms with Gasteiger partial charge in [0.2, 0.25) is 5.91 Å². The molecule has 6 nitrogen and oxygen atoms in total. The minimum atomic E-state index is -4.52. The van der Waals surface area contributed by atoms with E-state index in [9.17, 15) is 22.8 Å². The highest BCUT2D eigenvalue weighted by Gasteiger charge is 2.31. The first-order chi connectivity index (χ1) is 17.6. The van der Waals surface area contributed by atoms with Crippen LogP contribution >= 0.6 is 11.8 Å². The lowest BCUT2D eigenvalue weighted by molar-refractivity contribution is -0.143. The maximum Gasteiger partial charge on any atom is 0.416 e. The van der Waals surface area contributed by atoms with Gasteiger partial charge in [0, 0.05) is 25.3 Å². The van der Waals surface area contributed by atoms with E-state index in [0.29, 0.717) is 41.3 Å². The van der Waals surface area contributed by atoms with Crippen LogP contribution in [-0.2, 0) is 15.7 Å². The molecule has 1 saturated heterocycles. The van der Waals surface area contributed by atoms with E-state index in [-0.39, 0.29) is 23.8 Å². The van der Waals surface area contributed by atoms with Crippen LogP contribution in [0.5, 0.6) is 0 Å². The summed E-state index contributed by atoms with van der Waals surface area (Å²) in [6, 6.07) is 11.5. The van der Waals surface area contributed by atoms with Crippen LogP contribution in [0.1, 0.15) is 45.1 Å². The number of rotatable bonds is 8. The van der Waals surface area contributed by atoms with E-state index < -0.39 is 17.3 Å². The van der Waals surface area contributed by atoms with Crippen LogP contribution in [0.15, 0.2) is 58.5 Å². The normalized spacial score (nSPS) is 18.4. The quantitative estimate of drug-likeness (QED) is 0.211. The number of thioether (sulfide) groups is 1. The van der Waals surface area contributed by atoms with Crippen molar-refractivity contribution in [2.75, 3.05) is 18.8 Å². The number of morpholine rings is 1. The van der Waals surface area contributed by atoms with E-state index in [1.165, 1.54) is 28.5 Å². The lowest BCUT2D eigenvalue weighted by Gasteiger charge is -2.35. The number of ether oxygens (including phenoxy) is 1. The van der Waals surface area contributed by atoms with Gasteiger partial charge in [-0.1, -0.05) is 36.4 Å². The standard InChI is InChI=1S/C27H30F3N3O3S/c1-18-16-32(17-19(2)36-18)24(34)13-4-3-7-14-37-26-31-23-12-6-5-11-22(23)25(35)33(26)21-10-8-9-20(15-21)27(28,29)30/h5-6,8-12,15,18-19H,3-4,7,13-14,16-17H2,1-2H3. The molecule has 2 unspecified atom stereocenters. The number of carbonyl (C=O) groups excluding carboxylic acids is 1. The zero-order chi connectivity index (χ0) is 26.6. The fourth-order valence-corrected chi connectivity index (χ4v) is 5.53. The first kappa shape index (κ1) is 27.2. The Bertz CT molecular complexity index is 1300. The minimum absolute atomic E-state index is 0.0352. The largest absolute Gasteiger partial charge is 0.416 e. The maximum atomic E-state index is 13.3. The number of fused-ring (bicyclic) bond motifs is 1. The van der Waals surface area contributed by atoms with Crippen LogP contribution in [0.2, 0.25) is 0 Å². The van der Waals surface area contributed by atoms with Crippen LogP contribution in [0.4, 0.5) is 13.2 Å². The molecular formula is C27H30F3N3O3S. The second-order valence-electron chi connectivity index (χ2n) is 9.32. The number of alkyl halides is 3. The topological polar surface area (TPSA) is 64.4 Å². The molecule has 0 radical (unpaired) electrons. The minimum Gasteiger partial charge on any atom is -0.372 e.